The van der Waals surface area contributed by atoms with Gasteiger partial charge in [-0.15, -0.1) is 0 Å². The van der Waals surface area contributed by atoms with Gasteiger partial charge in [0.15, 0.2) is 0 Å². The van der Waals surface area contributed by atoms with Gasteiger partial charge in [0.25, 0.3) is 0 Å². The molecule has 0 radical (unpaired) electrons. The molecular formula is C15H19N3O. The number of carbonyl (C=O) groups is 1. The van der Waals surface area contributed by atoms with Gasteiger partial charge in [-0.3, -0.25) is 9.89 Å². The number of hydrogen-bond acceptors (Lipinski definition) is 2. The first kappa shape index (κ1) is 13.3. The van der Waals surface area contributed by atoms with Crippen LogP contribution in [0.4, 0.5) is 0 Å². The lowest BCUT2D eigenvalue weighted by Crippen LogP contribution is -2.22. The first-order valence-electron chi connectivity index (χ1n) is 6.60. The van der Waals surface area contributed by atoms with E-state index >= 15 is 0 Å². The Balaban J connectivity index is 1.73. The maximum atomic E-state index is 11.7. The van der Waals surface area contributed by atoms with Gasteiger partial charge in [-0.1, -0.05) is 31.2 Å². The van der Waals surface area contributed by atoms with Gasteiger partial charge >= 0.3 is 0 Å². The fourth-order valence-corrected chi connectivity index (χ4v) is 1.86. The van der Waals surface area contributed by atoms with Crippen molar-refractivity contribution < 1.29 is 4.79 Å². The van der Waals surface area contributed by atoms with Crippen molar-refractivity contribution in [3.63, 3.8) is 0 Å². The van der Waals surface area contributed by atoms with Gasteiger partial charge in [0.2, 0.25) is 5.91 Å². The van der Waals surface area contributed by atoms with Gasteiger partial charge in [-0.25, -0.2) is 0 Å². The predicted molar refractivity (Wildman–Crippen MR) is 74.6 cm³/mol. The molecule has 0 fully saturated rings. The molecule has 0 atom stereocenters. The van der Waals surface area contributed by atoms with Gasteiger partial charge in [0.05, 0.1) is 6.20 Å². The Morgan fingerprint density at radius 1 is 1.21 bits per heavy atom. The standard InChI is InChI=1S/C15H19N3O/c1-2-12-3-5-13(6-4-12)7-8-15(19)16-9-14-10-17-18-11-14/h3-6,10-11H,2,7-9H2,1H3,(H,16,19)(H,17,18). The number of carbonyl (C=O) groups excluding carboxylic acids is 1. The quantitative estimate of drug-likeness (QED) is 0.833. The third-order valence-corrected chi connectivity index (χ3v) is 3.12. The number of aromatic nitrogens is 2. The molecule has 1 aromatic heterocycles. The largest absolute Gasteiger partial charge is 0.352 e. The van der Waals surface area contributed by atoms with Gasteiger partial charge < -0.3 is 5.32 Å². The Morgan fingerprint density at radius 2 is 1.95 bits per heavy atom. The third-order valence-electron chi connectivity index (χ3n) is 3.12. The topological polar surface area (TPSA) is 57.8 Å². The van der Waals surface area contributed by atoms with Crippen molar-refractivity contribution in [2.24, 2.45) is 0 Å². The number of hydrogen-bond donors (Lipinski definition) is 2. The Morgan fingerprint density at radius 3 is 2.58 bits per heavy atom. The zero-order valence-corrected chi connectivity index (χ0v) is 11.1. The Kier molecular flexibility index (Phi) is 4.72. The second-order valence-electron chi connectivity index (χ2n) is 4.55. The summed E-state index contributed by atoms with van der Waals surface area (Å²) < 4.78 is 0. The number of H-pyrrole nitrogens is 1. The van der Waals surface area contributed by atoms with E-state index in [0.717, 1.165) is 18.4 Å². The van der Waals surface area contributed by atoms with E-state index in [-0.39, 0.29) is 5.91 Å². The minimum Gasteiger partial charge on any atom is -0.352 e. The van der Waals surface area contributed by atoms with E-state index in [1.165, 1.54) is 11.1 Å². The van der Waals surface area contributed by atoms with E-state index in [9.17, 15) is 4.79 Å². The van der Waals surface area contributed by atoms with E-state index in [4.69, 9.17) is 0 Å². The molecule has 2 N–H and O–H groups in total. The van der Waals surface area contributed by atoms with Crippen LogP contribution in [0, 0.1) is 0 Å². The summed E-state index contributed by atoms with van der Waals surface area (Å²) in [5.41, 5.74) is 3.52. The predicted octanol–water partition coefficient (Wildman–Crippen LogP) is 2.22. The number of aryl methyl sites for hydroxylation is 2. The summed E-state index contributed by atoms with van der Waals surface area (Å²) in [6.45, 7) is 2.67. The van der Waals surface area contributed by atoms with Crippen LogP contribution >= 0.6 is 0 Å². The summed E-state index contributed by atoms with van der Waals surface area (Å²) in [6, 6.07) is 8.45. The third kappa shape index (κ3) is 4.25. The van der Waals surface area contributed by atoms with Crippen LogP contribution in [-0.2, 0) is 24.2 Å². The van der Waals surface area contributed by atoms with Crippen LogP contribution in [0.5, 0.6) is 0 Å². The Bertz CT molecular complexity index is 503. The fourth-order valence-electron chi connectivity index (χ4n) is 1.86. The molecule has 19 heavy (non-hydrogen) atoms. The lowest BCUT2D eigenvalue weighted by Gasteiger charge is -2.04. The molecule has 4 heteroatoms. The van der Waals surface area contributed by atoms with Crippen LogP contribution in [0.1, 0.15) is 30.0 Å². The van der Waals surface area contributed by atoms with E-state index < -0.39 is 0 Å². The summed E-state index contributed by atoms with van der Waals surface area (Å²) in [5.74, 6) is 0.0702. The number of amides is 1. The lowest BCUT2D eigenvalue weighted by molar-refractivity contribution is -0.121. The monoisotopic (exact) mass is 257 g/mol. The molecule has 0 unspecified atom stereocenters. The van der Waals surface area contributed by atoms with E-state index in [0.29, 0.717) is 13.0 Å². The van der Waals surface area contributed by atoms with Crippen molar-refractivity contribution in [3.05, 3.63) is 53.3 Å². The zero-order valence-electron chi connectivity index (χ0n) is 11.1. The first-order valence-corrected chi connectivity index (χ1v) is 6.60. The summed E-state index contributed by atoms with van der Waals surface area (Å²) in [5, 5.41) is 9.43. The van der Waals surface area contributed by atoms with Crippen molar-refractivity contribution in [1.29, 1.82) is 0 Å². The van der Waals surface area contributed by atoms with Crippen LogP contribution < -0.4 is 5.32 Å². The summed E-state index contributed by atoms with van der Waals surface area (Å²) in [7, 11) is 0. The van der Waals surface area contributed by atoms with Gasteiger partial charge in [-0.2, -0.15) is 5.10 Å². The summed E-state index contributed by atoms with van der Waals surface area (Å²) in [6.07, 6.45) is 5.84. The molecule has 2 aromatic rings. The van der Waals surface area contributed by atoms with Crippen molar-refractivity contribution in [2.45, 2.75) is 32.7 Å². The molecule has 0 bridgehead atoms. The van der Waals surface area contributed by atoms with Gasteiger partial charge in [-0.05, 0) is 24.0 Å². The van der Waals surface area contributed by atoms with Crippen LogP contribution in [-0.4, -0.2) is 16.1 Å². The minimum atomic E-state index is 0.0702. The second kappa shape index (κ2) is 6.73. The molecule has 0 aliphatic carbocycles. The molecule has 100 valence electrons. The lowest BCUT2D eigenvalue weighted by atomic mass is 10.1. The van der Waals surface area contributed by atoms with E-state index in [1.807, 2.05) is 0 Å². The average molecular weight is 257 g/mol. The number of benzene rings is 1. The maximum absolute atomic E-state index is 11.7. The fraction of sp³-hybridized carbons (Fsp3) is 0.333. The number of nitrogens with zero attached hydrogens (tertiary/aromatic N) is 1. The van der Waals surface area contributed by atoms with Gasteiger partial charge in [0.1, 0.15) is 0 Å². The molecule has 1 aromatic carbocycles. The number of nitrogens with one attached hydrogen (secondary N) is 2. The van der Waals surface area contributed by atoms with Gasteiger partial charge in [0, 0.05) is 24.7 Å². The SMILES string of the molecule is CCc1ccc(CCC(=O)NCc2cn[nH]c2)cc1. The minimum absolute atomic E-state index is 0.0702. The molecule has 0 saturated carbocycles. The van der Waals surface area contributed by atoms with Crippen molar-refractivity contribution in [2.75, 3.05) is 0 Å². The Hall–Kier alpha value is -2.10. The average Bonchev–Trinajstić information content (AvgIpc) is 2.96. The second-order valence-corrected chi connectivity index (χ2v) is 4.55. The van der Waals surface area contributed by atoms with E-state index in [2.05, 4.69) is 46.7 Å². The maximum Gasteiger partial charge on any atom is 0.220 e. The Labute approximate surface area is 113 Å². The molecule has 4 nitrogen and oxygen atoms in total. The molecule has 0 spiro atoms. The van der Waals surface area contributed by atoms with E-state index in [1.54, 1.807) is 12.4 Å². The van der Waals surface area contributed by atoms with Crippen LogP contribution in [0.25, 0.3) is 0 Å². The highest BCUT2D eigenvalue weighted by molar-refractivity contribution is 5.76. The summed E-state index contributed by atoms with van der Waals surface area (Å²) in [4.78, 5) is 11.7. The highest BCUT2D eigenvalue weighted by atomic mass is 16.1. The molecule has 0 saturated heterocycles. The normalized spacial score (nSPS) is 10.4. The first-order chi connectivity index (χ1) is 9.28. The molecule has 1 amide bonds. The highest BCUT2D eigenvalue weighted by Gasteiger charge is 2.03. The summed E-state index contributed by atoms with van der Waals surface area (Å²) >= 11 is 0. The van der Waals surface area contributed by atoms with Crippen LogP contribution in [0.15, 0.2) is 36.7 Å². The molecular weight excluding hydrogens is 238 g/mol. The van der Waals surface area contributed by atoms with Crippen LogP contribution in [0.2, 0.25) is 0 Å². The van der Waals surface area contributed by atoms with Crippen molar-refractivity contribution in [3.8, 4) is 0 Å². The van der Waals surface area contributed by atoms with Crippen molar-refractivity contribution >= 4 is 5.91 Å². The van der Waals surface area contributed by atoms with Crippen LogP contribution in [0.3, 0.4) is 0 Å². The zero-order chi connectivity index (χ0) is 13.5. The number of aromatic amines is 1. The molecule has 2 rings (SSSR count). The molecule has 0 aliphatic heterocycles. The molecule has 1 heterocycles. The smallest absolute Gasteiger partial charge is 0.220 e. The number of rotatable bonds is 6. The van der Waals surface area contributed by atoms with Crippen molar-refractivity contribution in [1.82, 2.24) is 15.5 Å². The molecule has 0 aliphatic rings. The highest BCUT2D eigenvalue weighted by Crippen LogP contribution is 2.07.